The number of nitrogens with one attached hydrogen (secondary N) is 1. The molecular weight excluding hydrogens is 380 g/mol. The van der Waals surface area contributed by atoms with Crippen LogP contribution in [0.5, 0.6) is 11.5 Å². The van der Waals surface area contributed by atoms with E-state index in [9.17, 15) is 0 Å². The molecule has 8 nitrogen and oxygen atoms in total. The Hall–Kier alpha value is -3.94. The molecule has 0 radical (unpaired) electrons. The van der Waals surface area contributed by atoms with Crippen molar-refractivity contribution in [1.29, 1.82) is 0 Å². The number of benzene rings is 2. The first-order chi connectivity index (χ1) is 14.6. The summed E-state index contributed by atoms with van der Waals surface area (Å²) >= 11 is 0. The largest absolute Gasteiger partial charge is 0.493 e. The van der Waals surface area contributed by atoms with E-state index < -0.39 is 0 Å². The SMILES string of the molecule is COc1ccc(-c2cnc3nc(N)nc(NC(C)c4ccccc4)c3n2)cc1OC. The molecule has 0 saturated carbocycles. The van der Waals surface area contributed by atoms with E-state index in [1.807, 2.05) is 55.5 Å². The van der Waals surface area contributed by atoms with E-state index in [1.54, 1.807) is 20.4 Å². The van der Waals surface area contributed by atoms with Crippen LogP contribution in [-0.2, 0) is 0 Å². The van der Waals surface area contributed by atoms with Crippen molar-refractivity contribution in [1.82, 2.24) is 19.9 Å². The Kier molecular flexibility index (Phi) is 5.30. The third kappa shape index (κ3) is 3.80. The summed E-state index contributed by atoms with van der Waals surface area (Å²) in [5, 5.41) is 3.38. The molecule has 0 aliphatic rings. The minimum atomic E-state index is -0.00441. The van der Waals surface area contributed by atoms with E-state index in [0.29, 0.717) is 34.2 Å². The standard InChI is InChI=1S/C22H22N6O2/c1-13(14-7-5-4-6-8-14)25-21-19-20(27-22(23)28-21)24-12-16(26-19)15-9-10-17(29-2)18(11-15)30-3/h4-13H,1-3H3,(H3,23,24,25,27,28). The Balaban J connectivity index is 1.77. The number of rotatable bonds is 6. The zero-order valence-electron chi connectivity index (χ0n) is 17.0. The first-order valence-corrected chi connectivity index (χ1v) is 9.43. The van der Waals surface area contributed by atoms with Crippen molar-refractivity contribution in [3.63, 3.8) is 0 Å². The smallest absolute Gasteiger partial charge is 0.224 e. The average Bonchev–Trinajstić information content (AvgIpc) is 2.78. The van der Waals surface area contributed by atoms with Crippen molar-refractivity contribution in [3.8, 4) is 22.8 Å². The van der Waals surface area contributed by atoms with Crippen LogP contribution in [0.1, 0.15) is 18.5 Å². The maximum Gasteiger partial charge on any atom is 0.224 e. The summed E-state index contributed by atoms with van der Waals surface area (Å²) < 4.78 is 10.7. The summed E-state index contributed by atoms with van der Waals surface area (Å²) in [4.78, 5) is 17.8. The van der Waals surface area contributed by atoms with Gasteiger partial charge in [0.15, 0.2) is 28.5 Å². The number of nitrogen functional groups attached to an aromatic ring is 1. The Morgan fingerprint density at radius 2 is 1.70 bits per heavy atom. The van der Waals surface area contributed by atoms with Crippen LogP contribution >= 0.6 is 0 Å². The van der Waals surface area contributed by atoms with Crippen molar-refractivity contribution in [3.05, 3.63) is 60.3 Å². The van der Waals surface area contributed by atoms with Gasteiger partial charge in [0.2, 0.25) is 5.95 Å². The number of hydrogen-bond donors (Lipinski definition) is 2. The fourth-order valence-corrected chi connectivity index (χ4v) is 3.19. The molecule has 2 heterocycles. The monoisotopic (exact) mass is 402 g/mol. The minimum Gasteiger partial charge on any atom is -0.493 e. The Bertz CT molecular complexity index is 1180. The van der Waals surface area contributed by atoms with E-state index >= 15 is 0 Å². The number of fused-ring (bicyclic) bond motifs is 1. The van der Waals surface area contributed by atoms with Crippen LogP contribution < -0.4 is 20.5 Å². The summed E-state index contributed by atoms with van der Waals surface area (Å²) in [6.45, 7) is 2.05. The molecule has 0 amide bonds. The zero-order chi connectivity index (χ0) is 21.1. The molecule has 30 heavy (non-hydrogen) atoms. The van der Waals surface area contributed by atoms with Gasteiger partial charge in [-0.15, -0.1) is 0 Å². The van der Waals surface area contributed by atoms with Crippen LogP contribution in [0.25, 0.3) is 22.4 Å². The number of ether oxygens (including phenoxy) is 2. The second kappa shape index (κ2) is 8.20. The Morgan fingerprint density at radius 3 is 2.43 bits per heavy atom. The minimum absolute atomic E-state index is 0.00441. The summed E-state index contributed by atoms with van der Waals surface area (Å²) in [5.41, 5.74) is 9.48. The first kappa shape index (κ1) is 19.4. The number of nitrogens with two attached hydrogens (primary N) is 1. The maximum absolute atomic E-state index is 5.90. The van der Waals surface area contributed by atoms with Gasteiger partial charge in [0.05, 0.1) is 32.2 Å². The van der Waals surface area contributed by atoms with Gasteiger partial charge in [-0.2, -0.15) is 9.97 Å². The predicted molar refractivity (Wildman–Crippen MR) is 117 cm³/mol. The highest BCUT2D eigenvalue weighted by atomic mass is 16.5. The molecule has 0 spiro atoms. The van der Waals surface area contributed by atoms with Crippen LogP contribution in [0, 0.1) is 0 Å². The first-order valence-electron chi connectivity index (χ1n) is 9.43. The summed E-state index contributed by atoms with van der Waals surface area (Å²) in [6.07, 6.45) is 1.65. The van der Waals surface area contributed by atoms with Crippen LogP contribution in [-0.4, -0.2) is 34.2 Å². The third-order valence-corrected chi connectivity index (χ3v) is 4.76. The molecule has 3 N–H and O–H groups in total. The summed E-state index contributed by atoms with van der Waals surface area (Å²) in [5.74, 6) is 1.92. The molecule has 2 aromatic heterocycles. The van der Waals surface area contributed by atoms with Crippen molar-refractivity contribution < 1.29 is 9.47 Å². The van der Waals surface area contributed by atoms with Gasteiger partial charge in [0, 0.05) is 5.56 Å². The normalized spacial score (nSPS) is 11.8. The average molecular weight is 402 g/mol. The van der Waals surface area contributed by atoms with Gasteiger partial charge < -0.3 is 20.5 Å². The van der Waals surface area contributed by atoms with Crippen LogP contribution in [0.4, 0.5) is 11.8 Å². The molecule has 0 aliphatic heterocycles. The number of hydrogen-bond acceptors (Lipinski definition) is 8. The van der Waals surface area contributed by atoms with E-state index in [4.69, 9.17) is 20.2 Å². The lowest BCUT2D eigenvalue weighted by atomic mass is 10.1. The van der Waals surface area contributed by atoms with Gasteiger partial charge in [0.25, 0.3) is 0 Å². The number of nitrogens with zero attached hydrogens (tertiary/aromatic N) is 4. The molecule has 0 aliphatic carbocycles. The van der Waals surface area contributed by atoms with Gasteiger partial charge in [-0.25, -0.2) is 9.97 Å². The topological polar surface area (TPSA) is 108 Å². The lowest BCUT2D eigenvalue weighted by Gasteiger charge is -2.16. The van der Waals surface area contributed by atoms with Crippen LogP contribution in [0.15, 0.2) is 54.7 Å². The fraction of sp³-hybridized carbons (Fsp3) is 0.182. The molecule has 4 rings (SSSR count). The fourth-order valence-electron chi connectivity index (χ4n) is 3.19. The number of methoxy groups -OCH3 is 2. The van der Waals surface area contributed by atoms with E-state index in [2.05, 4.69) is 20.3 Å². The highest BCUT2D eigenvalue weighted by Gasteiger charge is 2.15. The number of anilines is 2. The predicted octanol–water partition coefficient (Wildman–Crippen LogP) is 3.86. The van der Waals surface area contributed by atoms with Gasteiger partial charge in [-0.3, -0.25) is 0 Å². The van der Waals surface area contributed by atoms with Crippen molar-refractivity contribution in [2.24, 2.45) is 0 Å². The summed E-state index contributed by atoms with van der Waals surface area (Å²) in [6, 6.07) is 15.6. The molecular formula is C22H22N6O2. The highest BCUT2D eigenvalue weighted by Crippen LogP contribution is 2.32. The summed E-state index contributed by atoms with van der Waals surface area (Å²) in [7, 11) is 3.19. The van der Waals surface area contributed by atoms with Crippen LogP contribution in [0.2, 0.25) is 0 Å². The molecule has 152 valence electrons. The molecule has 0 fully saturated rings. The highest BCUT2D eigenvalue weighted by molar-refractivity contribution is 5.85. The van der Waals surface area contributed by atoms with Crippen LogP contribution in [0.3, 0.4) is 0 Å². The van der Waals surface area contributed by atoms with Gasteiger partial charge >= 0.3 is 0 Å². The Labute approximate surface area is 174 Å². The molecule has 0 bridgehead atoms. The zero-order valence-corrected chi connectivity index (χ0v) is 17.0. The molecule has 1 unspecified atom stereocenters. The molecule has 2 aromatic carbocycles. The molecule has 1 atom stereocenters. The number of aromatic nitrogens is 4. The molecule has 8 heteroatoms. The van der Waals surface area contributed by atoms with Gasteiger partial charge in [0.1, 0.15) is 0 Å². The van der Waals surface area contributed by atoms with Gasteiger partial charge in [-0.05, 0) is 30.7 Å². The second-order valence-corrected chi connectivity index (χ2v) is 6.70. The van der Waals surface area contributed by atoms with Crippen molar-refractivity contribution >= 4 is 22.9 Å². The third-order valence-electron chi connectivity index (χ3n) is 4.76. The van der Waals surface area contributed by atoms with E-state index in [0.717, 1.165) is 11.1 Å². The Morgan fingerprint density at radius 1 is 0.933 bits per heavy atom. The van der Waals surface area contributed by atoms with E-state index in [-0.39, 0.29) is 12.0 Å². The van der Waals surface area contributed by atoms with Crippen molar-refractivity contribution in [2.75, 3.05) is 25.3 Å². The van der Waals surface area contributed by atoms with Gasteiger partial charge in [-0.1, -0.05) is 30.3 Å². The van der Waals surface area contributed by atoms with Crippen molar-refractivity contribution in [2.45, 2.75) is 13.0 Å². The molecule has 4 aromatic rings. The second-order valence-electron chi connectivity index (χ2n) is 6.70. The van der Waals surface area contributed by atoms with E-state index in [1.165, 1.54) is 0 Å². The lowest BCUT2D eigenvalue weighted by Crippen LogP contribution is -2.11. The lowest BCUT2D eigenvalue weighted by molar-refractivity contribution is 0.355. The maximum atomic E-state index is 5.90. The molecule has 0 saturated heterocycles. The quantitative estimate of drug-likeness (QED) is 0.500.